The Morgan fingerprint density at radius 3 is 2.52 bits per heavy atom. The van der Waals surface area contributed by atoms with E-state index in [1.807, 2.05) is 49.4 Å². The molecule has 0 bridgehead atoms. The second-order valence-corrected chi connectivity index (χ2v) is 7.77. The summed E-state index contributed by atoms with van der Waals surface area (Å²) in [5.74, 6) is -0.589. The molecule has 2 aromatic carbocycles. The zero-order chi connectivity index (χ0) is 22.5. The number of benzene rings is 2. The number of halogens is 2. The molecule has 0 aliphatic carbocycles. The van der Waals surface area contributed by atoms with Crippen molar-refractivity contribution in [2.75, 3.05) is 0 Å². The third kappa shape index (κ3) is 5.67. The van der Waals surface area contributed by atoms with Gasteiger partial charge in [0.15, 0.2) is 6.10 Å². The van der Waals surface area contributed by atoms with Gasteiger partial charge in [0, 0.05) is 6.54 Å². The van der Waals surface area contributed by atoms with Crippen molar-refractivity contribution >= 4 is 29.2 Å². The van der Waals surface area contributed by atoms with Gasteiger partial charge < -0.3 is 20.3 Å². The number of rotatable bonds is 8. The minimum Gasteiger partial charge on any atom is -0.479 e. The summed E-state index contributed by atoms with van der Waals surface area (Å²) in [6, 6.07) is 15.1. The van der Waals surface area contributed by atoms with Gasteiger partial charge in [0.2, 0.25) is 11.8 Å². The van der Waals surface area contributed by atoms with Crippen LogP contribution in [0.25, 0.3) is 11.1 Å². The molecule has 31 heavy (non-hydrogen) atoms. The lowest BCUT2D eigenvalue weighted by Gasteiger charge is -2.15. The highest BCUT2D eigenvalue weighted by atomic mass is 35.5. The number of ether oxygens (including phenoxy) is 2. The van der Waals surface area contributed by atoms with Gasteiger partial charge in [0.1, 0.15) is 15.8 Å². The maximum atomic E-state index is 11.3. The zero-order valence-electron chi connectivity index (χ0n) is 17.1. The van der Waals surface area contributed by atoms with E-state index in [4.69, 9.17) is 38.4 Å². The molecule has 0 aliphatic rings. The van der Waals surface area contributed by atoms with Crippen LogP contribution < -0.4 is 15.2 Å². The molecule has 0 aliphatic heterocycles. The molecule has 1 heterocycles. The van der Waals surface area contributed by atoms with E-state index >= 15 is 0 Å². The first-order valence-electron chi connectivity index (χ1n) is 9.65. The lowest BCUT2D eigenvalue weighted by Crippen LogP contribution is -2.26. The fraction of sp³-hybridized carbons (Fsp3) is 0.217. The predicted octanol–water partition coefficient (Wildman–Crippen LogP) is 5.86. The summed E-state index contributed by atoms with van der Waals surface area (Å²) in [5, 5.41) is 9.50. The van der Waals surface area contributed by atoms with E-state index in [9.17, 15) is 9.90 Å². The Labute approximate surface area is 190 Å². The van der Waals surface area contributed by atoms with Crippen molar-refractivity contribution in [3.8, 4) is 28.6 Å². The molecular formula is C23H22Cl2N2O4. The van der Waals surface area contributed by atoms with Gasteiger partial charge in [-0.05, 0) is 59.9 Å². The van der Waals surface area contributed by atoms with Gasteiger partial charge >= 0.3 is 5.97 Å². The molecule has 1 atom stereocenters. The molecule has 3 N–H and O–H groups in total. The average molecular weight is 461 g/mol. The smallest absolute Gasteiger partial charge is 0.344 e. The van der Waals surface area contributed by atoms with Crippen LogP contribution in [-0.4, -0.2) is 22.2 Å². The molecule has 0 unspecified atom stereocenters. The monoisotopic (exact) mass is 460 g/mol. The Morgan fingerprint density at radius 2 is 1.84 bits per heavy atom. The van der Waals surface area contributed by atoms with Gasteiger partial charge in [-0.1, -0.05) is 54.4 Å². The highest BCUT2D eigenvalue weighted by Crippen LogP contribution is 2.36. The van der Waals surface area contributed by atoms with E-state index in [1.165, 1.54) is 6.07 Å². The molecule has 0 saturated heterocycles. The van der Waals surface area contributed by atoms with Gasteiger partial charge in [-0.3, -0.25) is 0 Å². The number of hydrogen-bond donors (Lipinski definition) is 2. The molecule has 3 aromatic rings. The molecule has 0 saturated carbocycles. The van der Waals surface area contributed by atoms with E-state index in [0.717, 1.165) is 22.3 Å². The highest BCUT2D eigenvalue weighted by molar-refractivity contribution is 6.36. The summed E-state index contributed by atoms with van der Waals surface area (Å²) in [6.07, 6.45) is -0.839. The van der Waals surface area contributed by atoms with Gasteiger partial charge in [-0.15, -0.1) is 0 Å². The van der Waals surface area contributed by atoms with Crippen molar-refractivity contribution in [2.24, 2.45) is 5.73 Å². The maximum absolute atomic E-state index is 11.3. The Bertz CT molecular complexity index is 1100. The number of carboxylic acids is 1. The number of nitrogens with two attached hydrogens (primary N) is 1. The molecule has 0 amide bonds. The Kier molecular flexibility index (Phi) is 7.38. The first-order chi connectivity index (χ1) is 14.8. The number of aryl methyl sites for hydroxylation is 1. The lowest BCUT2D eigenvalue weighted by atomic mass is 10.0. The number of carboxylic acid groups (broad SMARTS) is 1. The van der Waals surface area contributed by atoms with Crippen molar-refractivity contribution in [1.82, 2.24) is 4.98 Å². The summed E-state index contributed by atoms with van der Waals surface area (Å²) in [7, 11) is 0. The Hall–Kier alpha value is -2.80. The van der Waals surface area contributed by atoms with Crippen molar-refractivity contribution in [3.63, 3.8) is 0 Å². The molecular weight excluding hydrogens is 439 g/mol. The summed E-state index contributed by atoms with van der Waals surface area (Å²) in [4.78, 5) is 15.5. The van der Waals surface area contributed by atoms with Crippen LogP contribution in [0.2, 0.25) is 10.0 Å². The van der Waals surface area contributed by atoms with E-state index in [1.54, 1.807) is 6.92 Å². The molecule has 1 aromatic heterocycles. The summed E-state index contributed by atoms with van der Waals surface area (Å²) in [5.41, 5.74) is 9.71. The van der Waals surface area contributed by atoms with Crippen LogP contribution >= 0.6 is 23.2 Å². The summed E-state index contributed by atoms with van der Waals surface area (Å²) in [6.45, 7) is 4.09. The third-order valence-corrected chi connectivity index (χ3v) is 5.07. The lowest BCUT2D eigenvalue weighted by molar-refractivity contribution is -0.145. The molecule has 6 nitrogen and oxygen atoms in total. The molecule has 3 rings (SSSR count). The van der Waals surface area contributed by atoms with E-state index in [-0.39, 0.29) is 28.2 Å². The number of carbonyl (C=O) groups is 1. The van der Waals surface area contributed by atoms with Crippen LogP contribution in [0.4, 0.5) is 0 Å². The van der Waals surface area contributed by atoms with Gasteiger partial charge in [0.05, 0.1) is 0 Å². The molecule has 162 valence electrons. The van der Waals surface area contributed by atoms with Crippen molar-refractivity contribution in [1.29, 1.82) is 0 Å². The number of aliphatic carboxylic acids is 1. The predicted molar refractivity (Wildman–Crippen MR) is 121 cm³/mol. The van der Waals surface area contributed by atoms with Crippen LogP contribution in [0, 0.1) is 6.92 Å². The largest absolute Gasteiger partial charge is 0.479 e. The SMILES string of the molecule is CC[C@@H](Oc1nc(Oc2cc(C)cc(-c3cccc(CN)c3)c2)c(Cl)cc1Cl)C(=O)O. The second-order valence-electron chi connectivity index (χ2n) is 6.96. The van der Waals surface area contributed by atoms with Crippen LogP contribution in [-0.2, 0) is 11.3 Å². The van der Waals surface area contributed by atoms with E-state index < -0.39 is 12.1 Å². The Balaban J connectivity index is 1.94. The maximum Gasteiger partial charge on any atom is 0.344 e. The number of nitrogens with zero attached hydrogens (tertiary/aromatic N) is 1. The van der Waals surface area contributed by atoms with Crippen molar-refractivity contribution in [3.05, 3.63) is 69.7 Å². The number of hydrogen-bond acceptors (Lipinski definition) is 5. The number of pyridine rings is 1. The molecule has 0 fully saturated rings. The minimum absolute atomic E-state index is 0.0566. The van der Waals surface area contributed by atoms with Gasteiger partial charge in [0.25, 0.3) is 0 Å². The van der Waals surface area contributed by atoms with Gasteiger partial charge in [-0.2, -0.15) is 4.98 Å². The average Bonchev–Trinajstić information content (AvgIpc) is 2.74. The first kappa shape index (κ1) is 22.9. The van der Waals surface area contributed by atoms with E-state index in [0.29, 0.717) is 12.3 Å². The van der Waals surface area contributed by atoms with Crippen LogP contribution in [0.5, 0.6) is 17.5 Å². The highest BCUT2D eigenvalue weighted by Gasteiger charge is 2.21. The third-order valence-electron chi connectivity index (χ3n) is 4.53. The fourth-order valence-corrected chi connectivity index (χ4v) is 3.44. The van der Waals surface area contributed by atoms with Crippen molar-refractivity contribution in [2.45, 2.75) is 32.9 Å². The summed E-state index contributed by atoms with van der Waals surface area (Å²) < 4.78 is 11.4. The van der Waals surface area contributed by atoms with Crippen molar-refractivity contribution < 1.29 is 19.4 Å². The summed E-state index contributed by atoms with van der Waals surface area (Å²) >= 11 is 12.4. The first-order valence-corrected chi connectivity index (χ1v) is 10.4. The second kappa shape index (κ2) is 10.0. The fourth-order valence-electron chi connectivity index (χ4n) is 2.99. The van der Waals surface area contributed by atoms with E-state index in [2.05, 4.69) is 4.98 Å². The topological polar surface area (TPSA) is 94.7 Å². The number of aromatic nitrogens is 1. The minimum atomic E-state index is -1.11. The normalized spacial score (nSPS) is 11.8. The van der Waals surface area contributed by atoms with Crippen LogP contribution in [0.1, 0.15) is 24.5 Å². The van der Waals surface area contributed by atoms with Crippen LogP contribution in [0.3, 0.4) is 0 Å². The zero-order valence-corrected chi connectivity index (χ0v) is 18.6. The molecule has 8 heteroatoms. The molecule has 0 spiro atoms. The van der Waals surface area contributed by atoms with Gasteiger partial charge in [-0.25, -0.2) is 4.79 Å². The van der Waals surface area contributed by atoms with Crippen LogP contribution in [0.15, 0.2) is 48.5 Å². The quantitative estimate of drug-likeness (QED) is 0.437. The Morgan fingerprint density at radius 1 is 1.10 bits per heavy atom. The molecule has 0 radical (unpaired) electrons. The standard InChI is InChI=1S/C23H22Cl2N2O4/c1-3-20(23(28)29)31-22-19(25)11-18(24)21(27-22)30-17-8-13(2)7-16(10-17)15-6-4-5-14(9-15)12-26/h4-11,20H,3,12,26H2,1-2H3,(H,28,29)/t20-/m1/s1.